The number of furan rings is 2. The molecule has 0 aliphatic heterocycles. The smallest absolute Gasteiger partial charge is 0.167 e. The summed E-state index contributed by atoms with van der Waals surface area (Å²) in [5.74, 6) is 3.55. The topological polar surface area (TPSA) is 104 Å². The molecule has 0 radical (unpaired) electrons. The summed E-state index contributed by atoms with van der Waals surface area (Å²) < 4.78 is 12.8. The Morgan fingerprint density at radius 1 is 0.145 bits per heavy atom. The third-order valence-corrected chi connectivity index (χ3v) is 20.9. The van der Waals surface area contributed by atoms with Crippen molar-refractivity contribution in [1.82, 2.24) is 29.9 Å². The molecule has 0 unspecified atom stereocenters. The number of rotatable bonds is 12. The molecule has 0 aliphatic rings. The van der Waals surface area contributed by atoms with Gasteiger partial charge in [0.25, 0.3) is 0 Å². The second-order valence-electron chi connectivity index (χ2n) is 27.6. The van der Waals surface area contributed by atoms with Crippen LogP contribution < -0.4 is 0 Å². The molecule has 8 heteroatoms. The lowest BCUT2D eigenvalue weighted by Gasteiger charge is -2.14. The van der Waals surface area contributed by atoms with Gasteiger partial charge in [0.15, 0.2) is 34.9 Å². The largest absolute Gasteiger partial charge is 0.455 e. The minimum absolute atomic E-state index is 0.565. The first-order chi connectivity index (χ1) is 54.5. The van der Waals surface area contributed by atoms with E-state index in [1.54, 1.807) is 0 Å². The van der Waals surface area contributed by atoms with Crippen LogP contribution in [0.3, 0.4) is 0 Å². The fourth-order valence-electron chi connectivity index (χ4n) is 15.5. The molecule has 0 fully saturated rings. The molecule has 0 N–H and O–H groups in total. The maximum Gasteiger partial charge on any atom is 0.167 e. The average molecular weight is 1410 g/mol. The first kappa shape index (κ1) is 64.7. The van der Waals surface area contributed by atoms with Crippen molar-refractivity contribution in [3.05, 3.63) is 388 Å². The van der Waals surface area contributed by atoms with Gasteiger partial charge in [-0.15, -0.1) is 0 Å². The summed E-state index contributed by atoms with van der Waals surface area (Å²) in [5, 5.41) is 11.5. The molecule has 17 aromatic carbocycles. The highest BCUT2D eigenvalue weighted by molar-refractivity contribution is 6.15. The lowest BCUT2D eigenvalue weighted by atomic mass is 9.91. The Hall–Kier alpha value is -14.9. The molecule has 110 heavy (non-hydrogen) atoms. The zero-order valence-electron chi connectivity index (χ0n) is 59.5. The Morgan fingerprint density at radius 2 is 0.455 bits per heavy atom. The van der Waals surface area contributed by atoms with E-state index in [-0.39, 0.29) is 0 Å². The van der Waals surface area contributed by atoms with Gasteiger partial charge in [0.05, 0.1) is 11.1 Å². The average Bonchev–Trinajstić information content (AvgIpc) is 1.22. The van der Waals surface area contributed by atoms with Crippen molar-refractivity contribution in [2.24, 2.45) is 0 Å². The Labute approximate surface area is 634 Å². The van der Waals surface area contributed by atoms with Gasteiger partial charge in [-0.1, -0.05) is 334 Å². The van der Waals surface area contributed by atoms with Crippen LogP contribution in [-0.2, 0) is 0 Å². The van der Waals surface area contributed by atoms with Gasteiger partial charge < -0.3 is 8.83 Å². The molecule has 0 bridgehead atoms. The van der Waals surface area contributed by atoms with E-state index in [0.717, 1.165) is 105 Å². The molecule has 514 valence electrons. The van der Waals surface area contributed by atoms with Gasteiger partial charge >= 0.3 is 0 Å². The van der Waals surface area contributed by atoms with Gasteiger partial charge in [-0.25, -0.2) is 29.9 Å². The molecule has 0 aliphatic carbocycles. The Kier molecular flexibility index (Phi) is 16.4. The van der Waals surface area contributed by atoms with Crippen LogP contribution in [0.4, 0.5) is 0 Å². The SMILES string of the molecule is c1ccc(-c2ccc(-c3ccc4cc(-c5cccc(-c6nc(-c7ccccc7)nc(-c7cccc8c7oc7ccccc78)n6)c5)c5ccccc5c4c3)cc2)cc1.c1ccc(-c2nc(-c3cccc(-c4cccc(-c5ccc(-c6ccccc6)c6ccccc56)c4)c3)nc(-c3cccc4c3oc3ccccc34)n2)cc1. The van der Waals surface area contributed by atoms with Crippen LogP contribution in [0, 0.1) is 0 Å². The van der Waals surface area contributed by atoms with Crippen molar-refractivity contribution in [3.63, 3.8) is 0 Å². The van der Waals surface area contributed by atoms with E-state index in [0.29, 0.717) is 34.9 Å². The van der Waals surface area contributed by atoms with Crippen molar-refractivity contribution < 1.29 is 8.83 Å². The quantitative estimate of drug-likeness (QED) is 0.111. The standard InChI is InChI=1S/C53H33N3O.C49H31N3O/c1-3-13-34(14-4-1)35-25-27-36(28-26-35)38-29-30-40-33-48(43-20-8-7-19-42(43)47(40)32-38)39-17-11-18-41(31-39)52-54-51(37-15-5-2-6-16-37)55-53(56-52)46-23-12-22-45-44-21-9-10-24-49(44)57-50(45)46;1-3-14-32(15-4-1)38-28-29-39(41-23-8-7-22-40(38)41)36-20-11-18-34(30-36)35-19-12-21-37(31-35)48-50-47(33-16-5-2-6-17-33)51-49(52-48)44-26-13-25-43-42-24-9-10-27-45(42)53-46(43)44/h1-33H;1-31H. The maximum absolute atomic E-state index is 6.44. The number of hydrogen-bond donors (Lipinski definition) is 0. The lowest BCUT2D eigenvalue weighted by Crippen LogP contribution is -2.00. The summed E-state index contributed by atoms with van der Waals surface area (Å²) in [6.07, 6.45) is 0. The van der Waals surface area contributed by atoms with Gasteiger partial charge in [-0.05, 0) is 154 Å². The summed E-state index contributed by atoms with van der Waals surface area (Å²) in [4.78, 5) is 30.4. The van der Waals surface area contributed by atoms with Gasteiger partial charge in [0.1, 0.15) is 22.3 Å². The fourth-order valence-corrected chi connectivity index (χ4v) is 15.5. The molecule has 0 saturated carbocycles. The first-order valence-electron chi connectivity index (χ1n) is 37.0. The molecule has 21 aromatic rings. The highest BCUT2D eigenvalue weighted by Gasteiger charge is 2.22. The molecule has 0 spiro atoms. The molecular weight excluding hydrogens is 1340 g/mol. The van der Waals surface area contributed by atoms with Gasteiger partial charge in [-0.3, -0.25) is 0 Å². The fraction of sp³-hybridized carbons (Fsp3) is 0. The number of aromatic nitrogens is 6. The van der Waals surface area contributed by atoms with Crippen molar-refractivity contribution in [1.29, 1.82) is 0 Å². The predicted octanol–water partition coefficient (Wildman–Crippen LogP) is 27.0. The van der Waals surface area contributed by atoms with Gasteiger partial charge in [0, 0.05) is 43.8 Å². The molecule has 21 rings (SSSR count). The number of nitrogens with zero attached hydrogens (tertiary/aromatic N) is 6. The van der Waals surface area contributed by atoms with Crippen molar-refractivity contribution >= 4 is 76.2 Å². The van der Waals surface area contributed by atoms with Crippen LogP contribution in [0.25, 0.3) is 211 Å². The highest BCUT2D eigenvalue weighted by Crippen LogP contribution is 2.43. The normalized spacial score (nSPS) is 11.5. The van der Waals surface area contributed by atoms with E-state index in [9.17, 15) is 0 Å². The zero-order chi connectivity index (χ0) is 72.9. The van der Waals surface area contributed by atoms with E-state index < -0.39 is 0 Å². The maximum atomic E-state index is 6.44. The molecule has 0 atom stereocenters. The predicted molar refractivity (Wildman–Crippen MR) is 452 cm³/mol. The molecule has 8 nitrogen and oxygen atoms in total. The third kappa shape index (κ3) is 12.1. The third-order valence-electron chi connectivity index (χ3n) is 20.9. The summed E-state index contributed by atoms with van der Waals surface area (Å²) >= 11 is 0. The summed E-state index contributed by atoms with van der Waals surface area (Å²) in [6, 6.07) is 135. The van der Waals surface area contributed by atoms with Gasteiger partial charge in [0.2, 0.25) is 0 Å². The van der Waals surface area contributed by atoms with Crippen molar-refractivity contribution in [3.8, 4) is 135 Å². The first-order valence-corrected chi connectivity index (χ1v) is 37.0. The summed E-state index contributed by atoms with van der Waals surface area (Å²) in [5.41, 5.74) is 22.6. The summed E-state index contributed by atoms with van der Waals surface area (Å²) in [6.45, 7) is 0. The van der Waals surface area contributed by atoms with Crippen LogP contribution >= 0.6 is 0 Å². The summed E-state index contributed by atoms with van der Waals surface area (Å²) in [7, 11) is 0. The van der Waals surface area contributed by atoms with E-state index in [1.165, 1.54) is 71.3 Å². The van der Waals surface area contributed by atoms with Crippen molar-refractivity contribution in [2.45, 2.75) is 0 Å². The Bertz CT molecular complexity index is 7080. The van der Waals surface area contributed by atoms with E-state index in [2.05, 4.69) is 267 Å². The number of fused-ring (bicyclic) bond motifs is 10. The molecule has 0 amide bonds. The minimum atomic E-state index is 0.565. The minimum Gasteiger partial charge on any atom is -0.455 e. The van der Waals surface area contributed by atoms with Crippen LogP contribution in [0.2, 0.25) is 0 Å². The van der Waals surface area contributed by atoms with Crippen LogP contribution in [0.15, 0.2) is 397 Å². The number of para-hydroxylation sites is 4. The van der Waals surface area contributed by atoms with Crippen LogP contribution in [-0.4, -0.2) is 29.9 Å². The van der Waals surface area contributed by atoms with Crippen LogP contribution in [0.1, 0.15) is 0 Å². The molecule has 4 heterocycles. The van der Waals surface area contributed by atoms with E-state index in [1.807, 2.05) is 121 Å². The number of hydrogen-bond acceptors (Lipinski definition) is 8. The lowest BCUT2D eigenvalue weighted by molar-refractivity contribution is 0.669. The second-order valence-corrected chi connectivity index (χ2v) is 27.6. The monoisotopic (exact) mass is 1400 g/mol. The molecule has 4 aromatic heterocycles. The van der Waals surface area contributed by atoms with Gasteiger partial charge in [-0.2, -0.15) is 0 Å². The van der Waals surface area contributed by atoms with E-state index >= 15 is 0 Å². The highest BCUT2D eigenvalue weighted by atomic mass is 16.3. The zero-order valence-corrected chi connectivity index (χ0v) is 59.5. The molecular formula is C102H64N6O2. The molecule has 0 saturated heterocycles. The Balaban J connectivity index is 0.000000144. The van der Waals surface area contributed by atoms with E-state index in [4.69, 9.17) is 38.7 Å². The van der Waals surface area contributed by atoms with Crippen molar-refractivity contribution in [2.75, 3.05) is 0 Å². The number of benzene rings is 17. The second kappa shape index (κ2) is 27.9. The Morgan fingerprint density at radius 3 is 0.964 bits per heavy atom. The van der Waals surface area contributed by atoms with Crippen LogP contribution in [0.5, 0.6) is 0 Å².